The third-order valence-electron chi connectivity index (χ3n) is 6.34. The van der Waals surface area contributed by atoms with Gasteiger partial charge in [0.05, 0.1) is 13.1 Å². The first-order chi connectivity index (χ1) is 19.1. The van der Waals surface area contributed by atoms with Gasteiger partial charge in [-0.3, -0.25) is 19.0 Å². The molecule has 17 nitrogen and oxygen atoms in total. The van der Waals surface area contributed by atoms with Crippen LogP contribution in [0, 0.1) is 0 Å². The maximum atomic E-state index is 13.0. The van der Waals surface area contributed by atoms with Crippen molar-refractivity contribution in [2.45, 2.75) is 21.5 Å². The first kappa shape index (κ1) is 29.9. The summed E-state index contributed by atoms with van der Waals surface area (Å²) in [5.74, 6) is -6.54. The largest absolute Gasteiger partial charge is 0.504 e. The number of phenols is 2. The second-order valence-electron chi connectivity index (χ2n) is 8.83. The Morgan fingerprint density at radius 2 is 1.83 bits per heavy atom. The second kappa shape index (κ2) is 10.7. The van der Waals surface area contributed by atoms with Crippen LogP contribution < -0.4 is 5.32 Å². The van der Waals surface area contributed by atoms with E-state index in [9.17, 15) is 52.3 Å². The number of urea groups is 1. The minimum atomic E-state index is -5.24. The number of benzene rings is 1. The summed E-state index contributed by atoms with van der Waals surface area (Å²) in [4.78, 5) is 61.8. The van der Waals surface area contributed by atoms with E-state index >= 15 is 0 Å². The molecule has 1 aromatic carbocycles. The van der Waals surface area contributed by atoms with Crippen LogP contribution in [0.25, 0.3) is 0 Å². The molecule has 0 aromatic heterocycles. The van der Waals surface area contributed by atoms with Crippen LogP contribution in [0.2, 0.25) is 5.02 Å². The molecule has 4 atom stereocenters. The molecule has 1 aromatic rings. The Morgan fingerprint density at radius 1 is 1.17 bits per heavy atom. The van der Waals surface area contributed by atoms with Crippen molar-refractivity contribution in [1.82, 2.24) is 20.1 Å². The fourth-order valence-electron chi connectivity index (χ4n) is 4.45. The molecule has 3 fully saturated rings. The highest BCUT2D eigenvalue weighted by atomic mass is 35.5. The number of hydrogen-bond acceptors (Lipinski definition) is 11. The molecular formula is C21H20ClN5O12S2. The van der Waals surface area contributed by atoms with Crippen LogP contribution in [0.5, 0.6) is 11.5 Å². The van der Waals surface area contributed by atoms with E-state index in [1.165, 1.54) is 0 Å². The van der Waals surface area contributed by atoms with E-state index in [0.29, 0.717) is 17.8 Å². The van der Waals surface area contributed by atoms with Gasteiger partial charge in [0.1, 0.15) is 11.4 Å². The maximum Gasteiger partial charge on any atom is 0.342 e. The first-order valence-corrected chi connectivity index (χ1v) is 14.1. The standard InChI is InChI=1S/C21H20ClN5O12S2/c22-10-7-12(29)11(28)6-9(10)15(41(37,38)39)16(32)24-14-17(33)25-8-21(19(34)35,40-18(14)25)26-4-5-27(20(26)36)23-3-1-2-13(30)31/h1-3,6-7,14-15,18,28-29H,4-5,8H2,(H,24,32)(H,30,31)(H,34,35)(H,37,38,39)/t14-,15?,18-,21-/m1/s1. The molecule has 0 spiro atoms. The summed E-state index contributed by atoms with van der Waals surface area (Å²) in [7, 11) is -5.24. The predicted octanol–water partition coefficient (Wildman–Crippen LogP) is -0.775. The van der Waals surface area contributed by atoms with Crippen molar-refractivity contribution < 1.29 is 57.4 Å². The molecule has 0 radical (unpaired) electrons. The number of hydrogen-bond donors (Lipinski definition) is 6. The van der Waals surface area contributed by atoms with Gasteiger partial charge < -0.3 is 30.6 Å². The van der Waals surface area contributed by atoms with Crippen LogP contribution in [-0.4, -0.2) is 120 Å². The van der Waals surface area contributed by atoms with Crippen LogP contribution in [0.3, 0.4) is 0 Å². The van der Waals surface area contributed by atoms with Gasteiger partial charge in [-0.1, -0.05) is 23.4 Å². The second-order valence-corrected chi connectivity index (χ2v) is 12.1. The molecule has 41 heavy (non-hydrogen) atoms. The quantitative estimate of drug-likeness (QED) is 0.0642. The van der Waals surface area contributed by atoms with Gasteiger partial charge in [0.25, 0.3) is 10.1 Å². The molecular weight excluding hydrogens is 614 g/mol. The zero-order chi connectivity index (χ0) is 30.4. The highest BCUT2D eigenvalue weighted by Gasteiger charge is 2.66. The van der Waals surface area contributed by atoms with Gasteiger partial charge in [-0.25, -0.2) is 19.4 Å². The Kier molecular flexibility index (Phi) is 7.82. The minimum Gasteiger partial charge on any atom is -0.504 e. The molecule has 3 aliphatic rings. The number of carboxylic acids is 2. The first-order valence-electron chi connectivity index (χ1n) is 11.3. The molecule has 4 rings (SSSR count). The van der Waals surface area contributed by atoms with Gasteiger partial charge in [0, 0.05) is 35.5 Å². The molecule has 4 amide bonds. The zero-order valence-corrected chi connectivity index (χ0v) is 22.7. The van der Waals surface area contributed by atoms with Gasteiger partial charge in [-0.15, -0.1) is 0 Å². The normalized spacial score (nSPS) is 25.1. The highest BCUT2D eigenvalue weighted by molar-refractivity contribution is 8.02. The molecule has 3 saturated heterocycles. The summed E-state index contributed by atoms with van der Waals surface area (Å²) in [5, 5.41) is 40.9. The van der Waals surface area contributed by atoms with Crippen molar-refractivity contribution in [2.75, 3.05) is 19.6 Å². The van der Waals surface area contributed by atoms with Crippen LogP contribution in [0.1, 0.15) is 10.8 Å². The number of aliphatic carboxylic acids is 2. The Morgan fingerprint density at radius 3 is 2.44 bits per heavy atom. The number of amides is 4. The number of phenolic OH excluding ortho intramolecular Hbond substituents is 2. The Hall–Kier alpha value is -4.07. The van der Waals surface area contributed by atoms with Crippen molar-refractivity contribution in [3.05, 3.63) is 34.9 Å². The maximum absolute atomic E-state index is 13.0. The number of β-lactam (4-membered cyclic amide) rings is 1. The van der Waals surface area contributed by atoms with E-state index in [1.807, 2.05) is 0 Å². The summed E-state index contributed by atoms with van der Waals surface area (Å²) in [6, 6.07) is -0.918. The summed E-state index contributed by atoms with van der Waals surface area (Å²) in [6.07, 6.45) is 2.85. The lowest BCUT2D eigenvalue weighted by atomic mass is 10.0. The Bertz CT molecular complexity index is 1520. The van der Waals surface area contributed by atoms with Crippen LogP contribution in [0.4, 0.5) is 4.79 Å². The monoisotopic (exact) mass is 633 g/mol. The van der Waals surface area contributed by atoms with Crippen LogP contribution >= 0.6 is 23.4 Å². The lowest BCUT2D eigenvalue weighted by molar-refractivity contribution is -0.151. The summed E-state index contributed by atoms with van der Waals surface area (Å²) < 4.78 is 33.9. The topological polar surface area (TPSA) is 255 Å². The van der Waals surface area contributed by atoms with E-state index in [4.69, 9.17) is 16.7 Å². The minimum absolute atomic E-state index is 0.0547. The van der Waals surface area contributed by atoms with Crippen molar-refractivity contribution in [3.8, 4) is 11.5 Å². The van der Waals surface area contributed by atoms with E-state index in [0.717, 1.165) is 39.2 Å². The molecule has 0 aliphatic carbocycles. The number of carbonyl (C=O) groups is 5. The Labute approximate surface area is 239 Å². The number of halogens is 1. The lowest BCUT2D eigenvalue weighted by Crippen LogP contribution is -2.68. The molecule has 1 unspecified atom stereocenters. The molecule has 0 saturated carbocycles. The third-order valence-corrected chi connectivity index (χ3v) is 9.41. The smallest absolute Gasteiger partial charge is 0.342 e. The molecule has 3 aliphatic heterocycles. The number of thioether (sulfide) groups is 1. The fourth-order valence-corrected chi connectivity index (χ4v) is 7.28. The number of nitrogens with zero attached hydrogens (tertiary/aromatic N) is 4. The average Bonchev–Trinajstić information content (AvgIpc) is 3.42. The third kappa shape index (κ3) is 5.35. The van der Waals surface area contributed by atoms with Gasteiger partial charge in [-0.05, 0) is 12.1 Å². The van der Waals surface area contributed by atoms with Crippen molar-refractivity contribution in [3.63, 3.8) is 0 Å². The highest BCUT2D eigenvalue weighted by Crippen LogP contribution is 2.50. The molecule has 0 bridgehead atoms. The number of carboxylic acid groups (broad SMARTS) is 2. The predicted molar refractivity (Wildman–Crippen MR) is 139 cm³/mol. The van der Waals surface area contributed by atoms with E-state index in [1.54, 1.807) is 0 Å². The molecule has 6 N–H and O–H groups in total. The molecule has 220 valence electrons. The van der Waals surface area contributed by atoms with E-state index in [-0.39, 0.29) is 13.1 Å². The van der Waals surface area contributed by atoms with Gasteiger partial charge in [-0.2, -0.15) is 13.5 Å². The summed E-state index contributed by atoms with van der Waals surface area (Å²) in [6.45, 7) is -0.664. The van der Waals surface area contributed by atoms with E-state index in [2.05, 4.69) is 10.4 Å². The number of nitrogens with one attached hydrogen (secondary N) is 1. The Balaban J connectivity index is 1.54. The molecule has 20 heteroatoms. The van der Waals surface area contributed by atoms with Crippen molar-refractivity contribution in [2.24, 2.45) is 5.10 Å². The number of hydrazone groups is 1. The van der Waals surface area contributed by atoms with Crippen molar-refractivity contribution >= 4 is 69.5 Å². The lowest BCUT2D eigenvalue weighted by Gasteiger charge is -2.41. The number of allylic oxidation sites excluding steroid dienone is 1. The summed E-state index contributed by atoms with van der Waals surface area (Å²) >= 11 is 6.56. The fraction of sp³-hybridized carbons (Fsp3) is 0.333. The number of aromatic hydroxyl groups is 2. The van der Waals surface area contributed by atoms with Crippen molar-refractivity contribution in [1.29, 1.82) is 0 Å². The van der Waals surface area contributed by atoms with Crippen LogP contribution in [-0.2, 0) is 29.3 Å². The SMILES string of the molecule is O=C(O)C=CC=NN1CCN([C@]2(C(=O)O)CN3C(=O)[C@@H](NC(=O)C(c4cc(O)c(O)cc4Cl)S(=O)(=O)O)[C@H]3S2)C1=O. The van der Waals surface area contributed by atoms with Gasteiger partial charge in [0.2, 0.25) is 16.7 Å². The summed E-state index contributed by atoms with van der Waals surface area (Å²) in [5.41, 5.74) is -0.605. The van der Waals surface area contributed by atoms with Gasteiger partial charge in [0.15, 0.2) is 16.7 Å². The van der Waals surface area contributed by atoms with E-state index < -0.39 is 90.1 Å². The zero-order valence-electron chi connectivity index (χ0n) is 20.3. The molecule has 3 heterocycles. The number of rotatable bonds is 9. The number of carbonyl (C=O) groups excluding carboxylic acids is 3. The van der Waals surface area contributed by atoms with Crippen LogP contribution in [0.15, 0.2) is 29.4 Å². The number of fused-ring (bicyclic) bond motifs is 1. The average molecular weight is 634 g/mol. The van der Waals surface area contributed by atoms with Gasteiger partial charge >= 0.3 is 18.0 Å².